The van der Waals surface area contributed by atoms with Gasteiger partial charge in [-0.25, -0.2) is 0 Å². The summed E-state index contributed by atoms with van der Waals surface area (Å²) in [6.07, 6.45) is 7.00. The van der Waals surface area contributed by atoms with Crippen molar-refractivity contribution in [3.8, 4) is 0 Å². The molecule has 0 bridgehead atoms. The number of carbonyl (C=O) groups is 1. The molecule has 1 atom stereocenters. The summed E-state index contributed by atoms with van der Waals surface area (Å²) in [7, 11) is 1.93. The molecule has 1 fully saturated rings. The van der Waals surface area contributed by atoms with Gasteiger partial charge in [-0.05, 0) is 47.7 Å². The van der Waals surface area contributed by atoms with E-state index in [-0.39, 0.29) is 11.9 Å². The van der Waals surface area contributed by atoms with Crippen LogP contribution in [0.1, 0.15) is 12.0 Å². The summed E-state index contributed by atoms with van der Waals surface area (Å²) in [5.41, 5.74) is 3.34. The zero-order chi connectivity index (χ0) is 17.2. The Morgan fingerprint density at radius 1 is 1.28 bits per heavy atom. The van der Waals surface area contributed by atoms with Crippen LogP contribution in [-0.4, -0.2) is 47.0 Å². The standard InChI is InChI=1S/C20H22N4O/c1-23(18-7-11-24(14-18)17-5-8-21-9-6-17)20(25)13-15-2-3-19-16(12-15)4-10-22-19/h2-6,8-10,12,18,22H,7,11,13-14H2,1H3. The number of carbonyl (C=O) groups excluding carboxylic acids is 1. The van der Waals surface area contributed by atoms with E-state index in [2.05, 4.69) is 20.9 Å². The molecule has 0 aliphatic carbocycles. The van der Waals surface area contributed by atoms with Crippen LogP contribution in [0.4, 0.5) is 5.69 Å². The first-order valence-corrected chi connectivity index (χ1v) is 8.67. The van der Waals surface area contributed by atoms with Gasteiger partial charge in [0.05, 0.1) is 12.5 Å². The highest BCUT2D eigenvalue weighted by molar-refractivity contribution is 5.83. The lowest BCUT2D eigenvalue weighted by Gasteiger charge is -2.25. The Morgan fingerprint density at radius 2 is 2.12 bits per heavy atom. The van der Waals surface area contributed by atoms with E-state index in [4.69, 9.17) is 0 Å². The Hall–Kier alpha value is -2.82. The van der Waals surface area contributed by atoms with Gasteiger partial charge in [0.25, 0.3) is 0 Å². The molecule has 3 heterocycles. The van der Waals surface area contributed by atoms with Gasteiger partial charge in [-0.2, -0.15) is 0 Å². The molecule has 25 heavy (non-hydrogen) atoms. The molecule has 1 aliphatic rings. The van der Waals surface area contributed by atoms with Crippen molar-refractivity contribution < 1.29 is 4.79 Å². The maximum atomic E-state index is 12.7. The first-order valence-electron chi connectivity index (χ1n) is 8.67. The number of benzene rings is 1. The Kier molecular flexibility index (Phi) is 4.14. The number of hydrogen-bond donors (Lipinski definition) is 1. The Balaban J connectivity index is 1.40. The first kappa shape index (κ1) is 15.7. The molecule has 1 N–H and O–H groups in total. The van der Waals surface area contributed by atoms with Crippen molar-refractivity contribution in [2.24, 2.45) is 0 Å². The fourth-order valence-corrected chi connectivity index (χ4v) is 3.56. The van der Waals surface area contributed by atoms with Gasteiger partial charge < -0.3 is 14.8 Å². The van der Waals surface area contributed by atoms with E-state index >= 15 is 0 Å². The van der Waals surface area contributed by atoms with Crippen molar-refractivity contribution in [3.05, 3.63) is 60.6 Å². The number of likely N-dealkylation sites (N-methyl/N-ethyl adjacent to an activating group) is 1. The molecule has 1 saturated heterocycles. The van der Waals surface area contributed by atoms with Crippen molar-refractivity contribution in [3.63, 3.8) is 0 Å². The summed E-state index contributed by atoms with van der Waals surface area (Å²) >= 11 is 0. The van der Waals surface area contributed by atoms with E-state index in [1.165, 1.54) is 5.69 Å². The van der Waals surface area contributed by atoms with Crippen LogP contribution >= 0.6 is 0 Å². The fraction of sp³-hybridized carbons (Fsp3) is 0.300. The molecule has 2 aromatic heterocycles. The summed E-state index contributed by atoms with van der Waals surface area (Å²) in [6.45, 7) is 1.85. The summed E-state index contributed by atoms with van der Waals surface area (Å²) in [6, 6.07) is 12.5. The second kappa shape index (κ2) is 6.59. The monoisotopic (exact) mass is 334 g/mol. The predicted octanol–water partition coefficient (Wildman–Crippen LogP) is 2.84. The molecule has 5 nitrogen and oxygen atoms in total. The topological polar surface area (TPSA) is 52.2 Å². The van der Waals surface area contributed by atoms with Gasteiger partial charge in [-0.3, -0.25) is 9.78 Å². The number of nitrogens with one attached hydrogen (secondary N) is 1. The highest BCUT2D eigenvalue weighted by Gasteiger charge is 2.28. The Bertz CT molecular complexity index is 874. The third-order valence-electron chi connectivity index (χ3n) is 5.11. The average molecular weight is 334 g/mol. The molecule has 1 aromatic carbocycles. The zero-order valence-electron chi connectivity index (χ0n) is 14.4. The normalized spacial score (nSPS) is 17.2. The van der Waals surface area contributed by atoms with Crippen molar-refractivity contribution in [2.45, 2.75) is 18.9 Å². The number of H-pyrrole nitrogens is 1. The largest absolute Gasteiger partial charge is 0.369 e. The predicted molar refractivity (Wildman–Crippen MR) is 99.6 cm³/mol. The van der Waals surface area contributed by atoms with E-state index in [1.54, 1.807) is 0 Å². The quantitative estimate of drug-likeness (QED) is 0.798. The lowest BCUT2D eigenvalue weighted by atomic mass is 10.1. The van der Waals surface area contributed by atoms with Gasteiger partial charge in [-0.1, -0.05) is 6.07 Å². The number of pyridine rings is 1. The average Bonchev–Trinajstić information content (AvgIpc) is 3.31. The van der Waals surface area contributed by atoms with Crippen LogP contribution in [-0.2, 0) is 11.2 Å². The number of aromatic amines is 1. The maximum absolute atomic E-state index is 12.7. The Labute approximate surface area is 147 Å². The molecule has 5 heteroatoms. The van der Waals surface area contributed by atoms with Crippen LogP contribution in [0, 0.1) is 0 Å². The van der Waals surface area contributed by atoms with Crippen LogP contribution < -0.4 is 4.90 Å². The molecule has 0 spiro atoms. The van der Waals surface area contributed by atoms with Gasteiger partial charge in [0.2, 0.25) is 5.91 Å². The third kappa shape index (κ3) is 3.22. The number of aromatic nitrogens is 2. The van der Waals surface area contributed by atoms with E-state index in [0.717, 1.165) is 36.0 Å². The van der Waals surface area contributed by atoms with E-state index < -0.39 is 0 Å². The first-order chi connectivity index (χ1) is 12.2. The summed E-state index contributed by atoms with van der Waals surface area (Å²) in [4.78, 5) is 24.2. The number of hydrogen-bond acceptors (Lipinski definition) is 3. The number of nitrogens with zero attached hydrogens (tertiary/aromatic N) is 3. The minimum absolute atomic E-state index is 0.177. The molecule has 0 radical (unpaired) electrons. The molecule has 1 unspecified atom stereocenters. The smallest absolute Gasteiger partial charge is 0.227 e. The number of fused-ring (bicyclic) bond motifs is 1. The van der Waals surface area contributed by atoms with Crippen LogP contribution in [0.25, 0.3) is 10.9 Å². The fourth-order valence-electron chi connectivity index (χ4n) is 3.56. The van der Waals surface area contributed by atoms with Crippen molar-refractivity contribution >= 4 is 22.5 Å². The molecule has 0 saturated carbocycles. The second-order valence-corrected chi connectivity index (χ2v) is 6.67. The van der Waals surface area contributed by atoms with Gasteiger partial charge in [0.15, 0.2) is 0 Å². The van der Waals surface area contributed by atoms with Crippen molar-refractivity contribution in [1.82, 2.24) is 14.9 Å². The molecule has 1 aliphatic heterocycles. The molecular weight excluding hydrogens is 312 g/mol. The summed E-state index contributed by atoms with van der Waals surface area (Å²) in [5.74, 6) is 0.177. The van der Waals surface area contributed by atoms with Gasteiger partial charge in [0.1, 0.15) is 0 Å². The number of amides is 1. The minimum atomic E-state index is 0.177. The second-order valence-electron chi connectivity index (χ2n) is 6.67. The van der Waals surface area contributed by atoms with Crippen molar-refractivity contribution in [2.75, 3.05) is 25.0 Å². The highest BCUT2D eigenvalue weighted by atomic mass is 16.2. The SMILES string of the molecule is CN(C(=O)Cc1ccc2[nH]ccc2c1)C1CCN(c2ccncc2)C1. The summed E-state index contributed by atoms with van der Waals surface area (Å²) in [5, 5.41) is 1.15. The minimum Gasteiger partial charge on any atom is -0.369 e. The van der Waals surface area contributed by atoms with Crippen LogP contribution in [0.3, 0.4) is 0 Å². The third-order valence-corrected chi connectivity index (χ3v) is 5.11. The van der Waals surface area contributed by atoms with Crippen LogP contribution in [0.15, 0.2) is 55.0 Å². The van der Waals surface area contributed by atoms with Crippen LogP contribution in [0.2, 0.25) is 0 Å². The number of rotatable bonds is 4. The van der Waals surface area contributed by atoms with Crippen molar-refractivity contribution in [1.29, 1.82) is 0 Å². The Morgan fingerprint density at radius 3 is 2.96 bits per heavy atom. The molecule has 4 rings (SSSR count). The lowest BCUT2D eigenvalue weighted by Crippen LogP contribution is -2.39. The van der Waals surface area contributed by atoms with E-state index in [0.29, 0.717) is 6.42 Å². The number of anilines is 1. The molecule has 128 valence electrons. The molecule has 1 amide bonds. The van der Waals surface area contributed by atoms with Gasteiger partial charge >= 0.3 is 0 Å². The van der Waals surface area contributed by atoms with E-state index in [9.17, 15) is 4.79 Å². The summed E-state index contributed by atoms with van der Waals surface area (Å²) < 4.78 is 0. The van der Waals surface area contributed by atoms with Gasteiger partial charge in [0, 0.05) is 49.9 Å². The molecule has 3 aromatic rings. The zero-order valence-corrected chi connectivity index (χ0v) is 14.4. The van der Waals surface area contributed by atoms with Gasteiger partial charge in [-0.15, -0.1) is 0 Å². The van der Waals surface area contributed by atoms with E-state index in [1.807, 2.05) is 60.9 Å². The van der Waals surface area contributed by atoms with Crippen LogP contribution in [0.5, 0.6) is 0 Å². The lowest BCUT2D eigenvalue weighted by molar-refractivity contribution is -0.130. The highest BCUT2D eigenvalue weighted by Crippen LogP contribution is 2.22. The molecular formula is C20H22N4O. The maximum Gasteiger partial charge on any atom is 0.227 e.